The fourth-order valence-corrected chi connectivity index (χ4v) is 4.97. The minimum absolute atomic E-state index is 0.0714. The lowest BCUT2D eigenvalue weighted by Gasteiger charge is -2.33. The molecule has 0 amide bonds. The second-order valence-electron chi connectivity index (χ2n) is 10.7. The molecule has 1 aromatic heterocycles. The third-order valence-corrected chi connectivity index (χ3v) is 7.65. The molecule has 9 heteroatoms. The Hall–Kier alpha value is -2.39. The first-order chi connectivity index (χ1) is 19.2. The summed E-state index contributed by atoms with van der Waals surface area (Å²) in [7, 11) is 2.18. The zero-order valence-electron chi connectivity index (χ0n) is 24.6. The van der Waals surface area contributed by atoms with Crippen LogP contribution in [-0.2, 0) is 11.0 Å². The molecular weight excluding hydrogens is 517 g/mol. The summed E-state index contributed by atoms with van der Waals surface area (Å²) in [4.78, 5) is 19.2. The average Bonchev–Trinajstić information content (AvgIpc) is 2.95. The van der Waals surface area contributed by atoms with Gasteiger partial charge in [-0.2, -0.15) is 13.2 Å². The number of nitrogens with zero attached hydrogens (tertiary/aromatic N) is 3. The zero-order valence-corrected chi connectivity index (χ0v) is 24.6. The topological polar surface area (TPSA) is 68.7 Å². The van der Waals surface area contributed by atoms with Crippen LogP contribution in [0.4, 0.5) is 18.9 Å². The highest BCUT2D eigenvalue weighted by Gasteiger charge is 2.34. The fourth-order valence-electron chi connectivity index (χ4n) is 4.97. The van der Waals surface area contributed by atoms with Crippen LogP contribution in [0.1, 0.15) is 83.6 Å². The third kappa shape index (κ3) is 11.6. The van der Waals surface area contributed by atoms with E-state index in [1.54, 1.807) is 12.1 Å². The van der Waals surface area contributed by atoms with Gasteiger partial charge in [0.1, 0.15) is 0 Å². The van der Waals surface area contributed by atoms with Gasteiger partial charge in [0.05, 0.1) is 17.0 Å². The lowest BCUT2D eigenvalue weighted by Crippen LogP contribution is -2.36. The number of aromatic nitrogens is 1. The van der Waals surface area contributed by atoms with Crippen molar-refractivity contribution < 1.29 is 23.1 Å². The molecule has 0 atom stereocenters. The molecule has 1 fully saturated rings. The van der Waals surface area contributed by atoms with E-state index in [1.807, 2.05) is 4.90 Å². The predicted octanol–water partition coefficient (Wildman–Crippen LogP) is 7.22. The summed E-state index contributed by atoms with van der Waals surface area (Å²) in [5, 5.41) is 13.0. The summed E-state index contributed by atoms with van der Waals surface area (Å²) >= 11 is 0. The number of carbonyl (C=O) groups is 1. The van der Waals surface area contributed by atoms with E-state index >= 15 is 0 Å². The highest BCUT2D eigenvalue weighted by atomic mass is 19.4. The van der Waals surface area contributed by atoms with Crippen molar-refractivity contribution in [3.05, 3.63) is 36.0 Å². The predicted molar refractivity (Wildman–Crippen MR) is 158 cm³/mol. The van der Waals surface area contributed by atoms with Crippen molar-refractivity contribution >= 4 is 22.6 Å². The van der Waals surface area contributed by atoms with Crippen molar-refractivity contribution in [1.82, 2.24) is 15.2 Å². The maximum absolute atomic E-state index is 13.1. The van der Waals surface area contributed by atoms with Crippen molar-refractivity contribution in [3.8, 4) is 0 Å². The molecule has 0 unspecified atom stereocenters. The van der Waals surface area contributed by atoms with Gasteiger partial charge in [-0.15, -0.1) is 0 Å². The Balaban J connectivity index is 0.000000296. The van der Waals surface area contributed by atoms with Crippen LogP contribution in [-0.4, -0.2) is 67.3 Å². The van der Waals surface area contributed by atoms with Crippen LogP contribution in [0.2, 0.25) is 0 Å². The summed E-state index contributed by atoms with van der Waals surface area (Å²) in [5.41, 5.74) is -0.153. The minimum Gasteiger partial charge on any atom is -0.481 e. The zero-order chi connectivity index (χ0) is 29.4. The molecule has 2 heterocycles. The number of unbranched alkanes of at least 4 members (excludes halogenated alkanes) is 7. The molecule has 1 saturated heterocycles. The Labute approximate surface area is 238 Å². The monoisotopic (exact) mass is 566 g/mol. The van der Waals surface area contributed by atoms with Gasteiger partial charge in [-0.1, -0.05) is 58.8 Å². The number of fused-ring (bicyclic) bond motifs is 1. The quantitative estimate of drug-likeness (QED) is 0.222. The van der Waals surface area contributed by atoms with Crippen LogP contribution >= 0.6 is 0 Å². The molecule has 1 aliphatic rings. The van der Waals surface area contributed by atoms with E-state index in [9.17, 15) is 18.0 Å². The number of benzene rings is 1. The van der Waals surface area contributed by atoms with Gasteiger partial charge in [-0.05, 0) is 63.7 Å². The highest BCUT2D eigenvalue weighted by Crippen LogP contribution is 2.38. The van der Waals surface area contributed by atoms with E-state index in [0.717, 1.165) is 19.2 Å². The number of likely N-dealkylation sites (N-methyl/N-ethyl adjacent to an activating group) is 1. The summed E-state index contributed by atoms with van der Waals surface area (Å²) < 4.78 is 39.3. The molecule has 1 aromatic carbocycles. The van der Waals surface area contributed by atoms with E-state index in [2.05, 4.69) is 36.1 Å². The molecule has 0 radical (unpaired) electrons. The molecule has 2 aromatic rings. The molecular formula is C31H49F3N4O2. The van der Waals surface area contributed by atoms with E-state index in [-0.39, 0.29) is 11.4 Å². The molecule has 0 aliphatic carbocycles. The smallest absolute Gasteiger partial charge is 0.418 e. The van der Waals surface area contributed by atoms with Crippen LogP contribution in [0.3, 0.4) is 0 Å². The van der Waals surface area contributed by atoms with Gasteiger partial charge >= 0.3 is 12.1 Å². The number of halogens is 3. The van der Waals surface area contributed by atoms with Crippen molar-refractivity contribution in [2.24, 2.45) is 5.92 Å². The van der Waals surface area contributed by atoms with Crippen LogP contribution in [0, 0.1) is 5.92 Å². The number of aliphatic carboxylic acids is 1. The number of hydrogen-bond donors (Lipinski definition) is 2. The SMILES string of the molecule is CCCCCCCCCCNCCN(C)CC.O=C(O)C1CCN(c2ccc(C(F)(F)F)c3ncccc23)CC1. The Morgan fingerprint density at radius 3 is 2.27 bits per heavy atom. The molecule has 2 N–H and O–H groups in total. The van der Waals surface area contributed by atoms with E-state index < -0.39 is 17.7 Å². The largest absolute Gasteiger partial charge is 0.481 e. The molecule has 6 nitrogen and oxygen atoms in total. The average molecular weight is 567 g/mol. The Morgan fingerprint density at radius 1 is 1.02 bits per heavy atom. The number of rotatable bonds is 15. The normalized spacial score (nSPS) is 14.4. The summed E-state index contributed by atoms with van der Waals surface area (Å²) in [6, 6.07) is 5.73. The molecule has 226 valence electrons. The summed E-state index contributed by atoms with van der Waals surface area (Å²) in [6.45, 7) is 10.2. The summed E-state index contributed by atoms with van der Waals surface area (Å²) in [6.07, 6.45) is 9.16. The van der Waals surface area contributed by atoms with Gasteiger partial charge in [0.2, 0.25) is 0 Å². The lowest BCUT2D eigenvalue weighted by atomic mass is 9.96. The van der Waals surface area contributed by atoms with Crippen molar-refractivity contribution in [2.45, 2.75) is 84.2 Å². The standard InChI is InChI=1S/C16H15F3N2O2.C15H34N2/c17-16(18,19)12-3-4-13(11-2-1-7-20-14(11)12)21-8-5-10(6-9-21)15(22)23;1-4-6-7-8-9-10-11-12-13-16-14-15-17(3)5-2/h1-4,7,10H,5-6,8-9H2,(H,22,23);16H,4-15H2,1-3H3. The Morgan fingerprint density at radius 2 is 1.68 bits per heavy atom. The van der Waals surface area contributed by atoms with Gasteiger partial charge in [0.15, 0.2) is 0 Å². The third-order valence-electron chi connectivity index (χ3n) is 7.65. The fraction of sp³-hybridized carbons (Fsp3) is 0.677. The molecule has 1 aliphatic heterocycles. The van der Waals surface area contributed by atoms with Gasteiger partial charge in [0.25, 0.3) is 0 Å². The second-order valence-corrected chi connectivity index (χ2v) is 10.7. The lowest BCUT2D eigenvalue weighted by molar-refractivity contribution is -0.142. The van der Waals surface area contributed by atoms with Gasteiger partial charge in [-0.3, -0.25) is 9.78 Å². The van der Waals surface area contributed by atoms with E-state index in [1.165, 1.54) is 76.7 Å². The first-order valence-electron chi connectivity index (χ1n) is 15.0. The van der Waals surface area contributed by atoms with Crippen LogP contribution < -0.4 is 10.2 Å². The number of piperidine rings is 1. The number of pyridine rings is 1. The first kappa shape index (κ1) is 33.8. The molecule has 0 bridgehead atoms. The van der Waals surface area contributed by atoms with Crippen molar-refractivity contribution in [2.75, 3.05) is 51.2 Å². The van der Waals surface area contributed by atoms with E-state index in [0.29, 0.717) is 37.0 Å². The van der Waals surface area contributed by atoms with Crippen molar-refractivity contribution in [1.29, 1.82) is 0 Å². The maximum Gasteiger partial charge on any atom is 0.418 e. The molecule has 40 heavy (non-hydrogen) atoms. The number of alkyl halides is 3. The maximum atomic E-state index is 13.1. The van der Waals surface area contributed by atoms with Gasteiger partial charge < -0.3 is 20.2 Å². The number of hydrogen-bond acceptors (Lipinski definition) is 5. The minimum atomic E-state index is -4.46. The Bertz CT molecular complexity index is 994. The van der Waals surface area contributed by atoms with Gasteiger partial charge in [-0.25, -0.2) is 0 Å². The number of carboxylic acid groups (broad SMARTS) is 1. The Kier molecular flexibility index (Phi) is 15.3. The van der Waals surface area contributed by atoms with Crippen LogP contribution in [0.5, 0.6) is 0 Å². The van der Waals surface area contributed by atoms with E-state index in [4.69, 9.17) is 5.11 Å². The molecule has 0 spiro atoms. The molecule has 3 rings (SSSR count). The molecule has 0 saturated carbocycles. The second kappa shape index (κ2) is 18.1. The number of carboxylic acids is 1. The van der Waals surface area contributed by atoms with Crippen molar-refractivity contribution in [3.63, 3.8) is 0 Å². The van der Waals surface area contributed by atoms with Crippen LogP contribution in [0.15, 0.2) is 30.5 Å². The summed E-state index contributed by atoms with van der Waals surface area (Å²) in [5.74, 6) is -1.20. The van der Waals surface area contributed by atoms with Crippen LogP contribution in [0.25, 0.3) is 10.9 Å². The number of anilines is 1. The highest BCUT2D eigenvalue weighted by molar-refractivity contribution is 5.94. The van der Waals surface area contributed by atoms with Gasteiger partial charge in [0, 0.05) is 43.4 Å². The number of nitrogens with one attached hydrogen (secondary N) is 1. The first-order valence-corrected chi connectivity index (χ1v) is 15.0.